The van der Waals surface area contributed by atoms with Gasteiger partial charge >= 0.3 is 0 Å². The molecular weight excluding hydrogens is 507 g/mol. The Morgan fingerprint density at radius 3 is 2.66 bits per heavy atom. The van der Waals surface area contributed by atoms with Gasteiger partial charge in [0.1, 0.15) is 42.2 Å². The van der Waals surface area contributed by atoms with Crippen molar-refractivity contribution >= 4 is 34.0 Å². The van der Waals surface area contributed by atoms with Crippen molar-refractivity contribution in [3.63, 3.8) is 0 Å². The smallest absolute Gasteiger partial charge is 0.145 e. The molecule has 2 heterocycles. The molecule has 38 heavy (non-hydrogen) atoms. The lowest BCUT2D eigenvalue weighted by atomic mass is 10.1. The van der Waals surface area contributed by atoms with Crippen LogP contribution in [0.3, 0.4) is 0 Å². The van der Waals surface area contributed by atoms with Gasteiger partial charge in [0.2, 0.25) is 0 Å². The normalized spacial score (nSPS) is 14.5. The Kier molecular flexibility index (Phi) is 8.53. The number of aromatic nitrogens is 2. The summed E-state index contributed by atoms with van der Waals surface area (Å²) < 4.78 is 30.9. The standard InChI is InChI=1S/C29H30ClFN4O3/c1-36-15-14-35-12-10-23(11-13-35)38-27-7-3-6-25-28(27)29(33-19-32-25)34-22-8-9-26(24(30)17-22)37-18-20-4-2-5-21(31)16-20/h2-9,16-17,19,23H,10-15,18H2,1H3,(H,32,33,34). The molecule has 1 aliphatic rings. The number of rotatable bonds is 10. The van der Waals surface area contributed by atoms with E-state index in [0.29, 0.717) is 16.6 Å². The van der Waals surface area contributed by atoms with Crippen LogP contribution in [0.4, 0.5) is 15.9 Å². The summed E-state index contributed by atoms with van der Waals surface area (Å²) in [4.78, 5) is 11.4. The number of halogens is 2. The molecule has 0 spiro atoms. The molecule has 0 aliphatic carbocycles. The molecule has 7 nitrogen and oxygen atoms in total. The summed E-state index contributed by atoms with van der Waals surface area (Å²) in [6.45, 7) is 3.85. The van der Waals surface area contributed by atoms with Crippen LogP contribution in [0.15, 0.2) is 67.0 Å². The number of ether oxygens (including phenoxy) is 3. The van der Waals surface area contributed by atoms with Crippen LogP contribution in [-0.4, -0.2) is 54.3 Å². The quantitative estimate of drug-likeness (QED) is 0.257. The Balaban J connectivity index is 1.29. The first-order valence-electron chi connectivity index (χ1n) is 12.6. The van der Waals surface area contributed by atoms with Crippen molar-refractivity contribution in [1.29, 1.82) is 0 Å². The molecule has 0 amide bonds. The van der Waals surface area contributed by atoms with E-state index in [2.05, 4.69) is 20.2 Å². The molecule has 4 aromatic rings. The van der Waals surface area contributed by atoms with Crippen molar-refractivity contribution in [3.05, 3.63) is 83.4 Å². The molecule has 0 radical (unpaired) electrons. The third-order valence-electron chi connectivity index (χ3n) is 6.54. The van der Waals surface area contributed by atoms with Gasteiger partial charge in [0.05, 0.1) is 22.5 Å². The lowest BCUT2D eigenvalue weighted by molar-refractivity contribution is 0.0805. The van der Waals surface area contributed by atoms with Gasteiger partial charge in [-0.2, -0.15) is 0 Å². The minimum absolute atomic E-state index is 0.122. The number of nitrogens with one attached hydrogen (secondary N) is 1. The predicted molar refractivity (Wildman–Crippen MR) is 147 cm³/mol. The molecule has 1 N–H and O–H groups in total. The van der Waals surface area contributed by atoms with Crippen molar-refractivity contribution < 1.29 is 18.6 Å². The minimum Gasteiger partial charge on any atom is -0.489 e. The van der Waals surface area contributed by atoms with Crippen LogP contribution in [0.2, 0.25) is 5.02 Å². The molecule has 198 valence electrons. The van der Waals surface area contributed by atoms with Crippen LogP contribution in [0.5, 0.6) is 11.5 Å². The number of piperidine rings is 1. The van der Waals surface area contributed by atoms with Crippen molar-refractivity contribution in [2.24, 2.45) is 0 Å². The Hall–Kier alpha value is -3.46. The first kappa shape index (κ1) is 26.2. The molecule has 1 aliphatic heterocycles. The molecule has 0 saturated carbocycles. The highest BCUT2D eigenvalue weighted by molar-refractivity contribution is 6.32. The van der Waals surface area contributed by atoms with E-state index < -0.39 is 0 Å². The number of anilines is 2. The highest BCUT2D eigenvalue weighted by Gasteiger charge is 2.22. The monoisotopic (exact) mass is 536 g/mol. The molecule has 0 bridgehead atoms. The van der Waals surface area contributed by atoms with Crippen molar-refractivity contribution in [2.75, 3.05) is 38.7 Å². The highest BCUT2D eigenvalue weighted by atomic mass is 35.5. The van der Waals surface area contributed by atoms with Gasteiger partial charge in [0.15, 0.2) is 0 Å². The van der Waals surface area contributed by atoms with Gasteiger partial charge in [-0.3, -0.25) is 0 Å². The van der Waals surface area contributed by atoms with Crippen LogP contribution in [-0.2, 0) is 11.3 Å². The van der Waals surface area contributed by atoms with Crippen molar-refractivity contribution in [3.8, 4) is 11.5 Å². The lowest BCUT2D eigenvalue weighted by Crippen LogP contribution is -2.39. The molecule has 9 heteroatoms. The Morgan fingerprint density at radius 2 is 1.87 bits per heavy atom. The maximum Gasteiger partial charge on any atom is 0.145 e. The van der Waals surface area contributed by atoms with E-state index in [1.165, 1.54) is 18.5 Å². The second-order valence-electron chi connectivity index (χ2n) is 9.21. The van der Waals surface area contributed by atoms with E-state index in [1.807, 2.05) is 24.3 Å². The van der Waals surface area contributed by atoms with Gasteiger partial charge in [0.25, 0.3) is 0 Å². The summed E-state index contributed by atoms with van der Waals surface area (Å²) in [6.07, 6.45) is 3.55. The summed E-state index contributed by atoms with van der Waals surface area (Å²) in [5.41, 5.74) is 2.26. The summed E-state index contributed by atoms with van der Waals surface area (Å²) in [5.74, 6) is 1.59. The van der Waals surface area contributed by atoms with Crippen LogP contribution in [0.1, 0.15) is 18.4 Å². The molecule has 1 aromatic heterocycles. The van der Waals surface area contributed by atoms with Gasteiger partial charge in [-0.15, -0.1) is 0 Å². The third-order valence-corrected chi connectivity index (χ3v) is 6.84. The number of likely N-dealkylation sites (tertiary alicyclic amines) is 1. The van der Waals surface area contributed by atoms with Crippen LogP contribution >= 0.6 is 11.6 Å². The number of hydrogen-bond donors (Lipinski definition) is 1. The average molecular weight is 537 g/mol. The van der Waals surface area contributed by atoms with E-state index in [4.69, 9.17) is 25.8 Å². The second-order valence-corrected chi connectivity index (χ2v) is 9.62. The van der Waals surface area contributed by atoms with E-state index in [-0.39, 0.29) is 18.5 Å². The topological polar surface area (TPSA) is 68.7 Å². The first-order chi connectivity index (χ1) is 18.6. The van der Waals surface area contributed by atoms with E-state index in [1.54, 1.807) is 31.4 Å². The zero-order valence-corrected chi connectivity index (χ0v) is 22.0. The van der Waals surface area contributed by atoms with Gasteiger partial charge in [-0.25, -0.2) is 14.4 Å². The minimum atomic E-state index is -0.301. The van der Waals surface area contributed by atoms with Crippen LogP contribution < -0.4 is 14.8 Å². The van der Waals surface area contributed by atoms with Gasteiger partial charge < -0.3 is 24.4 Å². The predicted octanol–water partition coefficient (Wildman–Crippen LogP) is 6.23. The number of nitrogens with zero attached hydrogens (tertiary/aromatic N) is 3. The van der Waals surface area contributed by atoms with E-state index in [0.717, 1.165) is 67.0 Å². The summed E-state index contributed by atoms with van der Waals surface area (Å²) in [5, 5.41) is 4.61. The number of hydrogen-bond acceptors (Lipinski definition) is 7. The van der Waals surface area contributed by atoms with Gasteiger partial charge in [-0.05, 0) is 60.9 Å². The van der Waals surface area contributed by atoms with Gasteiger partial charge in [0, 0.05) is 32.4 Å². The van der Waals surface area contributed by atoms with Crippen LogP contribution in [0, 0.1) is 5.82 Å². The first-order valence-corrected chi connectivity index (χ1v) is 13.0. The Bertz CT molecular complexity index is 1380. The molecule has 3 aromatic carbocycles. The van der Waals surface area contributed by atoms with Crippen molar-refractivity contribution in [2.45, 2.75) is 25.6 Å². The Morgan fingerprint density at radius 1 is 1.03 bits per heavy atom. The highest BCUT2D eigenvalue weighted by Crippen LogP contribution is 2.35. The summed E-state index contributed by atoms with van der Waals surface area (Å²) in [7, 11) is 1.73. The fraction of sp³-hybridized carbons (Fsp3) is 0.310. The summed E-state index contributed by atoms with van der Waals surface area (Å²) in [6, 6.07) is 17.6. The molecule has 0 unspecified atom stereocenters. The third kappa shape index (κ3) is 6.51. The molecule has 5 rings (SSSR count). The lowest BCUT2D eigenvalue weighted by Gasteiger charge is -2.32. The second kappa shape index (κ2) is 12.4. The van der Waals surface area contributed by atoms with Crippen molar-refractivity contribution in [1.82, 2.24) is 14.9 Å². The zero-order valence-electron chi connectivity index (χ0n) is 21.2. The molecule has 1 saturated heterocycles. The maximum atomic E-state index is 13.4. The van der Waals surface area contributed by atoms with Gasteiger partial charge in [-0.1, -0.05) is 29.8 Å². The number of benzene rings is 3. The summed E-state index contributed by atoms with van der Waals surface area (Å²) >= 11 is 6.51. The molecule has 0 atom stereocenters. The Labute approximate surface area is 226 Å². The zero-order chi connectivity index (χ0) is 26.3. The van der Waals surface area contributed by atoms with E-state index in [9.17, 15) is 4.39 Å². The van der Waals surface area contributed by atoms with E-state index >= 15 is 0 Å². The average Bonchev–Trinajstić information content (AvgIpc) is 2.92. The number of fused-ring (bicyclic) bond motifs is 1. The largest absolute Gasteiger partial charge is 0.489 e. The fourth-order valence-electron chi connectivity index (χ4n) is 4.54. The SMILES string of the molecule is COCCN1CCC(Oc2cccc3ncnc(Nc4ccc(OCc5cccc(F)c5)c(Cl)c4)c23)CC1. The van der Waals surface area contributed by atoms with Crippen LogP contribution in [0.25, 0.3) is 10.9 Å². The fourth-order valence-corrected chi connectivity index (χ4v) is 4.78. The maximum absolute atomic E-state index is 13.4. The molecular formula is C29H30ClFN4O3. The molecule has 1 fully saturated rings. The number of methoxy groups -OCH3 is 1.